The van der Waals surface area contributed by atoms with Gasteiger partial charge in [0.05, 0.1) is 16.4 Å². The van der Waals surface area contributed by atoms with Crippen LogP contribution in [0, 0.1) is 3.57 Å². The molecule has 0 aromatic heterocycles. The third kappa shape index (κ3) is 6.11. The van der Waals surface area contributed by atoms with Crippen LogP contribution in [-0.2, 0) is 21.0 Å². The molecule has 0 atom stereocenters. The summed E-state index contributed by atoms with van der Waals surface area (Å²) in [6.45, 7) is 0.0141. The molecule has 3 N–H and O–H groups in total. The Balaban J connectivity index is 1.56. The average molecular weight is 627 g/mol. The number of methoxy groups -OCH3 is 1. The maximum absolute atomic E-state index is 13.3. The minimum atomic E-state index is -0.863. The molecule has 1 fully saturated rings. The summed E-state index contributed by atoms with van der Waals surface area (Å²) < 4.78 is 17.1. The standard InChI is InChI=1S/C27H22IN3O7/c1-36-22-13-17(12-21(28)24(22)38-15-23(29)32)11-20-25(33)30-27(35)31(26(20)34)18-7-9-19(10-8-18)37-14-16-5-3-2-4-6-16/h2-13H,14-15H2,1H3,(H2,29,32)(H,30,33,35)/b20-11+. The number of carbonyl (C=O) groups excluding carboxylic acids is 4. The van der Waals surface area contributed by atoms with Gasteiger partial charge in [-0.05, 0) is 76.2 Å². The molecule has 3 aromatic rings. The zero-order valence-electron chi connectivity index (χ0n) is 20.1. The molecule has 194 valence electrons. The van der Waals surface area contributed by atoms with Gasteiger partial charge < -0.3 is 19.9 Å². The lowest BCUT2D eigenvalue weighted by molar-refractivity contribution is -0.123. The van der Waals surface area contributed by atoms with Crippen LogP contribution in [0.5, 0.6) is 17.2 Å². The third-order valence-electron chi connectivity index (χ3n) is 5.37. The van der Waals surface area contributed by atoms with Crippen molar-refractivity contribution < 1.29 is 33.4 Å². The van der Waals surface area contributed by atoms with E-state index in [2.05, 4.69) is 5.32 Å². The van der Waals surface area contributed by atoms with E-state index in [0.717, 1.165) is 10.5 Å². The Morgan fingerprint density at radius 3 is 2.39 bits per heavy atom. The van der Waals surface area contributed by atoms with E-state index in [1.165, 1.54) is 19.3 Å². The van der Waals surface area contributed by atoms with Crippen LogP contribution in [0.4, 0.5) is 10.5 Å². The Kier molecular flexibility index (Phi) is 8.26. The Morgan fingerprint density at radius 2 is 1.74 bits per heavy atom. The van der Waals surface area contributed by atoms with E-state index < -0.39 is 23.8 Å². The van der Waals surface area contributed by atoms with E-state index in [-0.39, 0.29) is 23.6 Å². The van der Waals surface area contributed by atoms with Crippen molar-refractivity contribution in [3.8, 4) is 17.2 Å². The van der Waals surface area contributed by atoms with Crippen molar-refractivity contribution >= 4 is 58.1 Å². The molecule has 0 aliphatic carbocycles. The Morgan fingerprint density at radius 1 is 1.03 bits per heavy atom. The number of urea groups is 1. The zero-order chi connectivity index (χ0) is 27.2. The highest BCUT2D eigenvalue weighted by atomic mass is 127. The molecule has 10 nitrogen and oxygen atoms in total. The smallest absolute Gasteiger partial charge is 0.335 e. The molecule has 38 heavy (non-hydrogen) atoms. The Labute approximate surface area is 231 Å². The fourth-order valence-electron chi connectivity index (χ4n) is 3.60. The topological polar surface area (TPSA) is 137 Å². The zero-order valence-corrected chi connectivity index (χ0v) is 22.3. The number of barbiturate groups is 1. The summed E-state index contributed by atoms with van der Waals surface area (Å²) in [5.41, 5.74) is 6.59. The number of ether oxygens (including phenoxy) is 3. The molecule has 4 rings (SSSR count). The summed E-state index contributed by atoms with van der Waals surface area (Å²) in [5, 5.41) is 2.20. The number of amides is 5. The van der Waals surface area contributed by atoms with Crippen LogP contribution in [0.15, 0.2) is 72.3 Å². The first kappa shape index (κ1) is 26.7. The number of anilines is 1. The van der Waals surface area contributed by atoms with Gasteiger partial charge in [-0.25, -0.2) is 9.69 Å². The van der Waals surface area contributed by atoms with Crippen molar-refractivity contribution in [2.75, 3.05) is 18.6 Å². The minimum Gasteiger partial charge on any atom is -0.493 e. The molecule has 1 aliphatic rings. The third-order valence-corrected chi connectivity index (χ3v) is 6.17. The average Bonchev–Trinajstić information content (AvgIpc) is 2.90. The van der Waals surface area contributed by atoms with E-state index in [0.29, 0.717) is 27.2 Å². The van der Waals surface area contributed by atoms with Gasteiger partial charge in [0, 0.05) is 0 Å². The summed E-state index contributed by atoms with van der Waals surface area (Å²) in [6.07, 6.45) is 1.34. The molecule has 0 bridgehead atoms. The maximum atomic E-state index is 13.3. The number of imide groups is 2. The number of rotatable bonds is 9. The van der Waals surface area contributed by atoms with Gasteiger partial charge in [-0.3, -0.25) is 19.7 Å². The van der Waals surface area contributed by atoms with Gasteiger partial charge in [0.15, 0.2) is 18.1 Å². The lowest BCUT2D eigenvalue weighted by Gasteiger charge is -2.26. The molecule has 1 aliphatic heterocycles. The molecule has 0 spiro atoms. The number of primary amides is 1. The van der Waals surface area contributed by atoms with Gasteiger partial charge in [0.2, 0.25) is 0 Å². The molecule has 3 aromatic carbocycles. The predicted molar refractivity (Wildman–Crippen MR) is 147 cm³/mol. The Hall–Kier alpha value is -4.39. The summed E-state index contributed by atoms with van der Waals surface area (Å²) in [5.74, 6) is -1.16. The quantitative estimate of drug-likeness (QED) is 0.211. The number of halogens is 1. The Bertz CT molecular complexity index is 1420. The largest absolute Gasteiger partial charge is 0.493 e. The van der Waals surface area contributed by atoms with Gasteiger partial charge in [-0.15, -0.1) is 0 Å². The molecule has 0 saturated carbocycles. The van der Waals surface area contributed by atoms with E-state index in [1.807, 2.05) is 52.9 Å². The summed E-state index contributed by atoms with van der Waals surface area (Å²) in [7, 11) is 1.41. The van der Waals surface area contributed by atoms with E-state index >= 15 is 0 Å². The summed E-state index contributed by atoms with van der Waals surface area (Å²) >= 11 is 1.97. The van der Waals surface area contributed by atoms with Crippen LogP contribution in [0.3, 0.4) is 0 Å². The highest BCUT2D eigenvalue weighted by molar-refractivity contribution is 14.1. The van der Waals surface area contributed by atoms with Gasteiger partial charge in [0.1, 0.15) is 17.9 Å². The van der Waals surface area contributed by atoms with Crippen molar-refractivity contribution in [2.45, 2.75) is 6.61 Å². The first-order valence-electron chi connectivity index (χ1n) is 11.2. The van der Waals surface area contributed by atoms with E-state index in [4.69, 9.17) is 19.9 Å². The highest BCUT2D eigenvalue weighted by Gasteiger charge is 2.37. The number of carbonyl (C=O) groups is 4. The molecular weight excluding hydrogens is 605 g/mol. The number of benzene rings is 3. The van der Waals surface area contributed by atoms with Gasteiger partial charge in [0.25, 0.3) is 17.7 Å². The van der Waals surface area contributed by atoms with E-state index in [1.54, 1.807) is 30.3 Å². The first-order valence-corrected chi connectivity index (χ1v) is 12.3. The summed E-state index contributed by atoms with van der Waals surface area (Å²) in [6, 6.07) is 18.3. The van der Waals surface area contributed by atoms with Crippen LogP contribution in [0.2, 0.25) is 0 Å². The minimum absolute atomic E-state index is 0.252. The van der Waals surface area contributed by atoms with Crippen molar-refractivity contribution in [3.05, 3.63) is 87.0 Å². The fourth-order valence-corrected chi connectivity index (χ4v) is 4.38. The molecule has 0 radical (unpaired) electrons. The molecular formula is C27H22IN3O7. The highest BCUT2D eigenvalue weighted by Crippen LogP contribution is 2.35. The second-order valence-electron chi connectivity index (χ2n) is 8.02. The van der Waals surface area contributed by atoms with Crippen LogP contribution >= 0.6 is 22.6 Å². The first-order chi connectivity index (χ1) is 18.3. The second-order valence-corrected chi connectivity index (χ2v) is 9.18. The van der Waals surface area contributed by atoms with Crippen LogP contribution in [-0.4, -0.2) is 37.5 Å². The van der Waals surface area contributed by atoms with Crippen molar-refractivity contribution in [2.24, 2.45) is 5.73 Å². The number of hydrogen-bond acceptors (Lipinski definition) is 7. The normalized spacial score (nSPS) is 14.3. The van der Waals surface area contributed by atoms with Gasteiger partial charge >= 0.3 is 6.03 Å². The molecule has 1 heterocycles. The number of hydrogen-bond donors (Lipinski definition) is 2. The summed E-state index contributed by atoms with van der Waals surface area (Å²) in [4.78, 5) is 50.4. The fraction of sp³-hybridized carbons (Fsp3) is 0.111. The van der Waals surface area contributed by atoms with Crippen molar-refractivity contribution in [1.29, 1.82) is 0 Å². The van der Waals surface area contributed by atoms with Crippen LogP contribution in [0.1, 0.15) is 11.1 Å². The van der Waals surface area contributed by atoms with Gasteiger partial charge in [-0.1, -0.05) is 30.3 Å². The van der Waals surface area contributed by atoms with Crippen LogP contribution < -0.4 is 30.2 Å². The molecule has 1 saturated heterocycles. The lowest BCUT2D eigenvalue weighted by atomic mass is 10.1. The van der Waals surface area contributed by atoms with Crippen LogP contribution in [0.25, 0.3) is 6.08 Å². The molecule has 5 amide bonds. The van der Waals surface area contributed by atoms with E-state index in [9.17, 15) is 19.2 Å². The molecule has 0 unspecified atom stereocenters. The van der Waals surface area contributed by atoms with Gasteiger partial charge in [-0.2, -0.15) is 0 Å². The maximum Gasteiger partial charge on any atom is 0.335 e. The monoisotopic (exact) mass is 627 g/mol. The number of nitrogens with one attached hydrogen (secondary N) is 1. The predicted octanol–water partition coefficient (Wildman–Crippen LogP) is 3.41. The lowest BCUT2D eigenvalue weighted by Crippen LogP contribution is -2.54. The second kappa shape index (κ2) is 11.8. The SMILES string of the molecule is COc1cc(/C=C2\C(=O)NC(=O)N(c3ccc(OCc4ccccc4)cc3)C2=O)cc(I)c1OCC(N)=O. The molecule has 11 heteroatoms. The number of nitrogens with zero attached hydrogens (tertiary/aromatic N) is 1. The van der Waals surface area contributed by atoms with Crippen molar-refractivity contribution in [1.82, 2.24) is 5.32 Å². The van der Waals surface area contributed by atoms with Crippen molar-refractivity contribution in [3.63, 3.8) is 0 Å². The number of nitrogens with two attached hydrogens (primary N) is 1.